The molecule has 1 N–H and O–H groups in total. The number of morpholine rings is 1. The van der Waals surface area contributed by atoms with Crippen LogP contribution in [0.3, 0.4) is 0 Å². The van der Waals surface area contributed by atoms with Gasteiger partial charge in [-0.1, -0.05) is 12.1 Å². The number of nitrogens with zero attached hydrogens (tertiary/aromatic N) is 3. The Kier molecular flexibility index (Phi) is 7.82. The largest absolute Gasteiger partial charge is 0.497 e. The quantitative estimate of drug-likeness (QED) is 0.392. The molecule has 0 radical (unpaired) electrons. The minimum atomic E-state index is 0. The van der Waals surface area contributed by atoms with Crippen LogP contribution in [-0.2, 0) is 4.74 Å². The molecule has 0 aliphatic carbocycles. The lowest BCUT2D eigenvalue weighted by Gasteiger charge is -2.35. The van der Waals surface area contributed by atoms with Crippen LogP contribution in [0.2, 0.25) is 0 Å². The van der Waals surface area contributed by atoms with Crippen LogP contribution in [0.1, 0.15) is 30.7 Å². The third kappa shape index (κ3) is 4.91. The summed E-state index contributed by atoms with van der Waals surface area (Å²) >= 11 is 0. The maximum absolute atomic E-state index is 6.07. The second-order valence-electron chi connectivity index (χ2n) is 7.88. The summed E-state index contributed by atoms with van der Waals surface area (Å²) in [6.07, 6.45) is 4.03. The molecule has 0 saturated carbocycles. The summed E-state index contributed by atoms with van der Waals surface area (Å²) in [5.41, 5.74) is 1.38. The van der Waals surface area contributed by atoms with Crippen LogP contribution in [0.4, 0.5) is 0 Å². The highest BCUT2D eigenvalue weighted by Gasteiger charge is 2.32. The van der Waals surface area contributed by atoms with Gasteiger partial charge in [0.15, 0.2) is 5.96 Å². The fraction of sp³-hybridized carbons (Fsp3) is 0.667. The molecular weight excluding hydrogens is 467 g/mol. The van der Waals surface area contributed by atoms with E-state index < -0.39 is 0 Å². The zero-order chi connectivity index (χ0) is 18.6. The maximum Gasteiger partial charge on any atom is 0.193 e. The lowest BCUT2D eigenvalue weighted by atomic mass is 9.98. The van der Waals surface area contributed by atoms with Gasteiger partial charge in [0.2, 0.25) is 0 Å². The fourth-order valence-electron chi connectivity index (χ4n) is 4.65. The SMILES string of the molecule is CN=C(NCC1CN2CCCC2CO1)N1CCC(c2ccc(OC)cc2)C1.I. The Morgan fingerprint density at radius 3 is 2.79 bits per heavy atom. The number of ether oxygens (including phenoxy) is 2. The number of guanidine groups is 1. The average Bonchev–Trinajstić information content (AvgIpc) is 3.38. The summed E-state index contributed by atoms with van der Waals surface area (Å²) in [4.78, 5) is 9.48. The number of aliphatic imine (C=N–C) groups is 1. The molecule has 0 amide bonds. The van der Waals surface area contributed by atoms with Crippen LogP contribution in [0.15, 0.2) is 29.3 Å². The zero-order valence-corrected chi connectivity index (χ0v) is 19.3. The van der Waals surface area contributed by atoms with Crippen LogP contribution in [-0.4, -0.2) is 81.4 Å². The van der Waals surface area contributed by atoms with Gasteiger partial charge in [-0.3, -0.25) is 9.89 Å². The lowest BCUT2D eigenvalue weighted by molar-refractivity contribution is -0.0454. The number of likely N-dealkylation sites (tertiary alicyclic amines) is 1. The van der Waals surface area contributed by atoms with Crippen LogP contribution >= 0.6 is 24.0 Å². The molecule has 0 bridgehead atoms. The number of rotatable bonds is 4. The van der Waals surface area contributed by atoms with Crippen molar-refractivity contribution in [1.82, 2.24) is 15.1 Å². The van der Waals surface area contributed by atoms with E-state index in [1.54, 1.807) is 7.11 Å². The first kappa shape index (κ1) is 21.6. The summed E-state index contributed by atoms with van der Waals surface area (Å²) < 4.78 is 11.3. The number of hydrogen-bond donors (Lipinski definition) is 1. The van der Waals surface area contributed by atoms with Crippen molar-refractivity contribution in [3.63, 3.8) is 0 Å². The summed E-state index contributed by atoms with van der Waals surface area (Å²) in [5.74, 6) is 2.46. The Hall–Kier alpha value is -1.06. The van der Waals surface area contributed by atoms with E-state index in [2.05, 4.69) is 44.4 Å². The average molecular weight is 500 g/mol. The monoisotopic (exact) mass is 500 g/mol. The third-order valence-corrected chi connectivity index (χ3v) is 6.24. The first-order valence-electron chi connectivity index (χ1n) is 10.2. The Labute approximate surface area is 185 Å². The van der Waals surface area contributed by atoms with Gasteiger partial charge in [0.1, 0.15) is 5.75 Å². The highest BCUT2D eigenvalue weighted by molar-refractivity contribution is 14.0. The van der Waals surface area contributed by atoms with Gasteiger partial charge in [-0.05, 0) is 43.5 Å². The van der Waals surface area contributed by atoms with E-state index in [9.17, 15) is 0 Å². The molecular formula is C21H33IN4O2. The van der Waals surface area contributed by atoms with Crippen molar-refractivity contribution < 1.29 is 9.47 Å². The minimum Gasteiger partial charge on any atom is -0.497 e. The van der Waals surface area contributed by atoms with E-state index >= 15 is 0 Å². The molecule has 156 valence electrons. The van der Waals surface area contributed by atoms with Crippen molar-refractivity contribution in [2.75, 3.05) is 53.5 Å². The van der Waals surface area contributed by atoms with Crippen molar-refractivity contribution in [3.8, 4) is 5.75 Å². The molecule has 1 aromatic carbocycles. The van der Waals surface area contributed by atoms with E-state index in [1.165, 1.54) is 24.9 Å². The van der Waals surface area contributed by atoms with Crippen molar-refractivity contribution in [3.05, 3.63) is 29.8 Å². The summed E-state index contributed by atoms with van der Waals surface area (Å²) in [5, 5.41) is 3.56. The molecule has 0 spiro atoms. The van der Waals surface area contributed by atoms with Crippen molar-refractivity contribution in [2.45, 2.75) is 37.3 Å². The van der Waals surface area contributed by atoms with Gasteiger partial charge in [0, 0.05) is 45.2 Å². The number of benzene rings is 1. The topological polar surface area (TPSA) is 49.3 Å². The molecule has 3 aliphatic rings. The molecule has 7 heteroatoms. The summed E-state index contributed by atoms with van der Waals surface area (Å²) in [6, 6.07) is 9.13. The van der Waals surface area contributed by atoms with Gasteiger partial charge in [0.25, 0.3) is 0 Å². The Morgan fingerprint density at radius 1 is 1.21 bits per heavy atom. The number of hydrogen-bond acceptors (Lipinski definition) is 4. The first-order valence-corrected chi connectivity index (χ1v) is 10.2. The second kappa shape index (κ2) is 10.1. The Morgan fingerprint density at radius 2 is 2.04 bits per heavy atom. The van der Waals surface area contributed by atoms with Crippen LogP contribution < -0.4 is 10.1 Å². The molecule has 3 atom stereocenters. The molecule has 1 aromatic rings. The number of methoxy groups -OCH3 is 1. The first-order chi connectivity index (χ1) is 13.3. The summed E-state index contributed by atoms with van der Waals surface area (Å²) in [6.45, 7) is 6.04. The van der Waals surface area contributed by atoms with Crippen molar-refractivity contribution >= 4 is 29.9 Å². The molecule has 0 aromatic heterocycles. The highest BCUT2D eigenvalue weighted by atomic mass is 127. The van der Waals surface area contributed by atoms with Crippen LogP contribution in [0.5, 0.6) is 5.75 Å². The van der Waals surface area contributed by atoms with Crippen LogP contribution in [0.25, 0.3) is 0 Å². The Balaban J connectivity index is 0.00000225. The van der Waals surface area contributed by atoms with E-state index in [-0.39, 0.29) is 30.1 Å². The van der Waals surface area contributed by atoms with Crippen LogP contribution in [0, 0.1) is 0 Å². The smallest absolute Gasteiger partial charge is 0.193 e. The Bertz CT molecular complexity index is 654. The highest BCUT2D eigenvalue weighted by Crippen LogP contribution is 2.28. The maximum atomic E-state index is 6.07. The normalized spacial score (nSPS) is 28.0. The number of halogens is 1. The zero-order valence-electron chi connectivity index (χ0n) is 17.0. The summed E-state index contributed by atoms with van der Waals surface area (Å²) in [7, 11) is 3.59. The number of fused-ring (bicyclic) bond motifs is 1. The van der Waals surface area contributed by atoms with Crippen molar-refractivity contribution in [1.29, 1.82) is 0 Å². The van der Waals surface area contributed by atoms with E-state index in [1.807, 2.05) is 7.05 Å². The predicted molar refractivity (Wildman–Crippen MR) is 123 cm³/mol. The molecule has 3 aliphatic heterocycles. The molecule has 28 heavy (non-hydrogen) atoms. The second-order valence-corrected chi connectivity index (χ2v) is 7.88. The minimum absolute atomic E-state index is 0. The molecule has 3 saturated heterocycles. The van der Waals surface area contributed by atoms with Gasteiger partial charge >= 0.3 is 0 Å². The molecule has 3 unspecified atom stereocenters. The van der Waals surface area contributed by atoms with E-state index in [4.69, 9.17) is 9.47 Å². The third-order valence-electron chi connectivity index (χ3n) is 6.24. The molecule has 3 heterocycles. The van der Waals surface area contributed by atoms with Gasteiger partial charge in [0.05, 0.1) is 19.8 Å². The fourth-order valence-corrected chi connectivity index (χ4v) is 4.65. The van der Waals surface area contributed by atoms with E-state index in [0.29, 0.717) is 12.0 Å². The van der Waals surface area contributed by atoms with E-state index in [0.717, 1.165) is 50.9 Å². The standard InChI is InChI=1S/C21H32N4O2.HI/c1-22-21(23-12-20-14-24-10-3-4-18(24)15-27-20)25-11-9-17(13-25)16-5-7-19(26-2)8-6-16;/h5-8,17-18,20H,3-4,9-15H2,1-2H3,(H,22,23);1H. The molecule has 4 rings (SSSR count). The van der Waals surface area contributed by atoms with Gasteiger partial charge in [-0.25, -0.2) is 0 Å². The molecule has 6 nitrogen and oxygen atoms in total. The van der Waals surface area contributed by atoms with Crippen molar-refractivity contribution in [2.24, 2.45) is 4.99 Å². The van der Waals surface area contributed by atoms with Gasteiger partial charge in [-0.2, -0.15) is 0 Å². The number of nitrogens with one attached hydrogen (secondary N) is 1. The lowest BCUT2D eigenvalue weighted by Crippen LogP contribution is -2.51. The van der Waals surface area contributed by atoms with Gasteiger partial charge < -0.3 is 19.7 Å². The predicted octanol–water partition coefficient (Wildman–Crippen LogP) is 2.54. The molecule has 3 fully saturated rings. The van der Waals surface area contributed by atoms with Gasteiger partial charge in [-0.15, -0.1) is 24.0 Å².